The third-order valence-corrected chi connectivity index (χ3v) is 6.98. The minimum Gasteiger partial charge on any atom is -0.454 e. The molecule has 0 aliphatic carbocycles. The van der Waals surface area contributed by atoms with Crippen LogP contribution in [0.3, 0.4) is 0 Å². The van der Waals surface area contributed by atoms with Gasteiger partial charge in [-0.3, -0.25) is 18.4 Å². The highest BCUT2D eigenvalue weighted by atomic mass is 32.1. The van der Waals surface area contributed by atoms with E-state index >= 15 is 0 Å². The number of nitrogens with zero attached hydrogens (tertiary/aromatic N) is 3. The second-order valence-corrected chi connectivity index (χ2v) is 8.70. The molecule has 1 aromatic heterocycles. The molecule has 1 atom stereocenters. The Morgan fingerprint density at radius 1 is 1.07 bits per heavy atom. The van der Waals surface area contributed by atoms with Crippen LogP contribution in [0, 0.1) is 0 Å². The van der Waals surface area contributed by atoms with Crippen LogP contribution in [0.15, 0.2) is 47.3 Å². The van der Waals surface area contributed by atoms with Crippen molar-refractivity contribution in [3.05, 3.63) is 58.4 Å². The van der Waals surface area contributed by atoms with Gasteiger partial charge in [-0.25, -0.2) is 0 Å². The van der Waals surface area contributed by atoms with Crippen molar-refractivity contribution in [2.75, 3.05) is 33.0 Å². The number of ether oxygens (including phenoxy) is 2. The first-order valence-electron chi connectivity index (χ1n) is 10.1. The van der Waals surface area contributed by atoms with Crippen molar-refractivity contribution in [2.24, 2.45) is 0 Å². The van der Waals surface area contributed by atoms with Gasteiger partial charge in [0.15, 0.2) is 11.5 Å². The van der Waals surface area contributed by atoms with E-state index in [4.69, 9.17) is 9.47 Å². The lowest BCUT2D eigenvalue weighted by Gasteiger charge is -2.36. The van der Waals surface area contributed by atoms with Crippen molar-refractivity contribution in [1.29, 1.82) is 0 Å². The molecule has 0 radical (unpaired) electrons. The second kappa shape index (κ2) is 7.77. The zero-order valence-corrected chi connectivity index (χ0v) is 17.6. The molecule has 0 bridgehead atoms. The molecule has 8 heteroatoms. The summed E-state index contributed by atoms with van der Waals surface area (Å²) in [7, 11) is 0. The van der Waals surface area contributed by atoms with Gasteiger partial charge in [-0.2, -0.15) is 0 Å². The van der Waals surface area contributed by atoms with Crippen LogP contribution < -0.4 is 15.0 Å². The van der Waals surface area contributed by atoms with Crippen LogP contribution in [-0.4, -0.2) is 52.6 Å². The second-order valence-electron chi connectivity index (χ2n) is 7.68. The van der Waals surface area contributed by atoms with Crippen LogP contribution in [0.1, 0.15) is 18.5 Å². The highest BCUT2D eigenvalue weighted by Crippen LogP contribution is 2.33. The number of carbonyl (C=O) groups excluding carboxylic acids is 1. The summed E-state index contributed by atoms with van der Waals surface area (Å²) >= 11 is 1.36. The predicted molar refractivity (Wildman–Crippen MR) is 115 cm³/mol. The molecule has 1 amide bonds. The molecule has 0 unspecified atom stereocenters. The van der Waals surface area contributed by atoms with Crippen LogP contribution in [-0.2, 0) is 11.3 Å². The minimum absolute atomic E-state index is 0.00591. The fourth-order valence-electron chi connectivity index (χ4n) is 4.03. The lowest BCUT2D eigenvalue weighted by atomic mass is 10.1. The summed E-state index contributed by atoms with van der Waals surface area (Å²) in [6.45, 7) is 5.83. The van der Waals surface area contributed by atoms with E-state index in [1.54, 1.807) is 3.96 Å². The summed E-state index contributed by atoms with van der Waals surface area (Å²) < 4.78 is 13.3. The Balaban J connectivity index is 1.22. The van der Waals surface area contributed by atoms with Crippen molar-refractivity contribution < 1.29 is 14.3 Å². The zero-order valence-electron chi connectivity index (χ0n) is 16.7. The van der Waals surface area contributed by atoms with Crippen LogP contribution in [0.5, 0.6) is 11.5 Å². The molecule has 0 saturated carbocycles. The minimum atomic E-state index is -0.490. The number of amides is 1. The molecule has 0 spiro atoms. The summed E-state index contributed by atoms with van der Waals surface area (Å²) in [5.74, 6) is 1.59. The number of rotatable bonds is 4. The van der Waals surface area contributed by atoms with Crippen LogP contribution in [0.25, 0.3) is 10.1 Å². The highest BCUT2D eigenvalue weighted by Gasteiger charge is 2.28. The Morgan fingerprint density at radius 3 is 2.63 bits per heavy atom. The van der Waals surface area contributed by atoms with Crippen molar-refractivity contribution in [3.63, 3.8) is 0 Å². The Labute approximate surface area is 178 Å². The van der Waals surface area contributed by atoms with E-state index in [9.17, 15) is 9.59 Å². The predicted octanol–water partition coefficient (Wildman–Crippen LogP) is 2.70. The fourth-order valence-corrected chi connectivity index (χ4v) is 5.07. The van der Waals surface area contributed by atoms with Crippen LogP contribution >= 0.6 is 11.5 Å². The number of aromatic nitrogens is 1. The Kier molecular flexibility index (Phi) is 4.96. The smallest absolute Gasteiger partial charge is 0.269 e. The van der Waals surface area contributed by atoms with E-state index in [-0.39, 0.29) is 18.3 Å². The number of piperazine rings is 1. The highest BCUT2D eigenvalue weighted by molar-refractivity contribution is 7.14. The monoisotopic (exact) mass is 425 g/mol. The Morgan fingerprint density at radius 2 is 1.83 bits per heavy atom. The van der Waals surface area contributed by atoms with Crippen LogP contribution in [0.2, 0.25) is 0 Å². The zero-order chi connectivity index (χ0) is 20.7. The third-order valence-electron chi connectivity index (χ3n) is 5.75. The van der Waals surface area contributed by atoms with Crippen molar-refractivity contribution in [2.45, 2.75) is 19.5 Å². The first-order valence-corrected chi connectivity index (χ1v) is 10.9. The average Bonchev–Trinajstić information content (AvgIpc) is 3.37. The molecular formula is C22H23N3O4S. The molecule has 7 nitrogen and oxygen atoms in total. The molecule has 2 aliphatic heterocycles. The summed E-state index contributed by atoms with van der Waals surface area (Å²) in [5.41, 5.74) is 1.09. The SMILES string of the molecule is C[C@@H](C(=O)N1CCN(Cc2ccc3c(c2)OCO3)CC1)n1sc2ccccc2c1=O. The van der Waals surface area contributed by atoms with Gasteiger partial charge in [-0.15, -0.1) is 0 Å². The normalized spacial score (nSPS) is 17.4. The molecule has 3 aromatic rings. The van der Waals surface area contributed by atoms with Crippen molar-refractivity contribution >= 4 is 27.5 Å². The molecule has 156 valence electrons. The Hall–Kier alpha value is -2.84. The van der Waals surface area contributed by atoms with E-state index in [0.717, 1.165) is 35.8 Å². The number of hydrogen-bond acceptors (Lipinski definition) is 6. The molecule has 30 heavy (non-hydrogen) atoms. The number of hydrogen-bond donors (Lipinski definition) is 0. The fraction of sp³-hybridized carbons (Fsp3) is 0.364. The van der Waals surface area contributed by atoms with Crippen LogP contribution in [0.4, 0.5) is 0 Å². The number of carbonyl (C=O) groups is 1. The van der Waals surface area contributed by atoms with Gasteiger partial charge in [0.1, 0.15) is 6.04 Å². The van der Waals surface area contributed by atoms with Gasteiger partial charge in [-0.1, -0.05) is 29.7 Å². The van der Waals surface area contributed by atoms with E-state index < -0.39 is 6.04 Å². The molecule has 2 aromatic carbocycles. The van der Waals surface area contributed by atoms with Gasteiger partial charge in [0.25, 0.3) is 5.56 Å². The standard InChI is InChI=1S/C22H23N3O4S/c1-15(25-22(27)17-4-2-3-5-20(17)30-25)21(26)24-10-8-23(9-11-24)13-16-6-7-18-19(12-16)29-14-28-18/h2-7,12,15H,8-11,13-14H2,1H3/t15-/m0/s1. The number of benzene rings is 2. The van der Waals surface area contributed by atoms with E-state index in [0.29, 0.717) is 18.5 Å². The lowest BCUT2D eigenvalue weighted by molar-refractivity contribution is -0.135. The summed E-state index contributed by atoms with van der Waals surface area (Å²) in [5, 5.41) is 0.677. The van der Waals surface area contributed by atoms with Gasteiger partial charge in [0.05, 0.1) is 10.1 Å². The molecule has 2 aliphatic rings. The van der Waals surface area contributed by atoms with E-state index in [1.807, 2.05) is 48.2 Å². The average molecular weight is 426 g/mol. The first-order chi connectivity index (χ1) is 14.6. The summed E-state index contributed by atoms with van der Waals surface area (Å²) in [4.78, 5) is 29.9. The van der Waals surface area contributed by atoms with E-state index in [1.165, 1.54) is 17.1 Å². The number of fused-ring (bicyclic) bond motifs is 2. The molecular weight excluding hydrogens is 402 g/mol. The maximum atomic E-state index is 13.0. The summed E-state index contributed by atoms with van der Waals surface area (Å²) in [6, 6.07) is 13.0. The maximum Gasteiger partial charge on any atom is 0.269 e. The Bertz CT molecular complexity index is 1150. The molecule has 1 saturated heterocycles. The van der Waals surface area contributed by atoms with Gasteiger partial charge >= 0.3 is 0 Å². The van der Waals surface area contributed by atoms with Gasteiger partial charge < -0.3 is 14.4 Å². The van der Waals surface area contributed by atoms with Crippen molar-refractivity contribution in [1.82, 2.24) is 13.8 Å². The van der Waals surface area contributed by atoms with Gasteiger partial charge in [-0.05, 0) is 36.8 Å². The lowest BCUT2D eigenvalue weighted by Crippen LogP contribution is -2.50. The largest absolute Gasteiger partial charge is 0.454 e. The molecule has 5 rings (SSSR count). The quantitative estimate of drug-likeness (QED) is 0.643. The summed E-state index contributed by atoms with van der Waals surface area (Å²) in [6.07, 6.45) is 0. The third kappa shape index (κ3) is 3.46. The molecule has 3 heterocycles. The van der Waals surface area contributed by atoms with Gasteiger partial charge in [0.2, 0.25) is 12.7 Å². The molecule has 0 N–H and O–H groups in total. The van der Waals surface area contributed by atoms with Crippen molar-refractivity contribution in [3.8, 4) is 11.5 Å². The first kappa shape index (κ1) is 19.1. The van der Waals surface area contributed by atoms with E-state index in [2.05, 4.69) is 11.0 Å². The molecule has 1 fully saturated rings. The van der Waals surface area contributed by atoms with Gasteiger partial charge in [0, 0.05) is 32.7 Å². The maximum absolute atomic E-state index is 13.0. The topological polar surface area (TPSA) is 64.0 Å².